The van der Waals surface area contributed by atoms with Gasteiger partial charge in [0.2, 0.25) is 5.82 Å². The van der Waals surface area contributed by atoms with Crippen LogP contribution in [0, 0.1) is 6.92 Å². The SMILES string of the molecule is Cc1ccc(-c2nnn(CC(=O)N(c3ccccc3)[C@@H](C(=O)NC(C)(C)C)c3ccco3)n2)cc1. The van der Waals surface area contributed by atoms with Gasteiger partial charge in [0, 0.05) is 16.8 Å². The van der Waals surface area contributed by atoms with Crippen molar-refractivity contribution in [2.45, 2.75) is 45.8 Å². The average molecular weight is 473 g/mol. The molecule has 4 aromatic rings. The van der Waals surface area contributed by atoms with E-state index < -0.39 is 17.5 Å². The van der Waals surface area contributed by atoms with Crippen molar-refractivity contribution in [3.8, 4) is 11.4 Å². The number of nitrogens with zero attached hydrogens (tertiary/aromatic N) is 5. The maximum absolute atomic E-state index is 13.7. The molecule has 2 aromatic carbocycles. The highest BCUT2D eigenvalue weighted by Crippen LogP contribution is 2.29. The lowest BCUT2D eigenvalue weighted by molar-refractivity contribution is -0.128. The molecule has 0 saturated heterocycles. The second-order valence-electron chi connectivity index (χ2n) is 9.27. The minimum atomic E-state index is -1.03. The van der Waals surface area contributed by atoms with Crippen LogP contribution in [0.1, 0.15) is 38.1 Å². The zero-order valence-corrected chi connectivity index (χ0v) is 20.2. The van der Waals surface area contributed by atoms with Gasteiger partial charge in [-0.3, -0.25) is 14.5 Å². The number of hydrogen-bond donors (Lipinski definition) is 1. The second-order valence-corrected chi connectivity index (χ2v) is 9.27. The number of amides is 2. The zero-order valence-electron chi connectivity index (χ0n) is 20.2. The van der Waals surface area contributed by atoms with Crippen molar-refractivity contribution in [3.05, 3.63) is 84.3 Å². The number of anilines is 1. The normalized spacial score (nSPS) is 12.2. The minimum absolute atomic E-state index is 0.215. The summed E-state index contributed by atoms with van der Waals surface area (Å²) >= 11 is 0. The molecule has 35 heavy (non-hydrogen) atoms. The predicted octanol–water partition coefficient (Wildman–Crippen LogP) is 3.93. The summed E-state index contributed by atoms with van der Waals surface area (Å²) in [6.45, 7) is 7.42. The molecule has 0 aliphatic heterocycles. The van der Waals surface area contributed by atoms with Gasteiger partial charge < -0.3 is 9.73 Å². The van der Waals surface area contributed by atoms with Gasteiger partial charge in [-0.25, -0.2) is 0 Å². The van der Waals surface area contributed by atoms with E-state index in [0.29, 0.717) is 17.3 Å². The molecule has 2 heterocycles. The molecule has 0 fully saturated rings. The first-order chi connectivity index (χ1) is 16.7. The van der Waals surface area contributed by atoms with Crippen LogP contribution in [0.2, 0.25) is 0 Å². The lowest BCUT2D eigenvalue weighted by atomic mass is 10.1. The first-order valence-electron chi connectivity index (χ1n) is 11.3. The van der Waals surface area contributed by atoms with E-state index in [-0.39, 0.29) is 12.5 Å². The lowest BCUT2D eigenvalue weighted by Gasteiger charge is -2.32. The van der Waals surface area contributed by atoms with E-state index in [0.717, 1.165) is 11.1 Å². The van der Waals surface area contributed by atoms with Gasteiger partial charge in [-0.05, 0) is 57.2 Å². The Morgan fingerprint density at radius 2 is 1.74 bits per heavy atom. The number of tetrazole rings is 1. The Bertz CT molecular complexity index is 1270. The zero-order chi connectivity index (χ0) is 25.0. The Hall–Kier alpha value is -4.27. The van der Waals surface area contributed by atoms with Gasteiger partial charge in [0.25, 0.3) is 11.8 Å². The third-order valence-corrected chi connectivity index (χ3v) is 5.16. The molecule has 2 amide bonds. The Balaban J connectivity index is 1.67. The van der Waals surface area contributed by atoms with Crippen molar-refractivity contribution >= 4 is 17.5 Å². The van der Waals surface area contributed by atoms with Crippen LogP contribution in [0.4, 0.5) is 5.69 Å². The van der Waals surface area contributed by atoms with Crippen molar-refractivity contribution in [2.24, 2.45) is 0 Å². The van der Waals surface area contributed by atoms with E-state index in [1.165, 1.54) is 16.0 Å². The molecular weight excluding hydrogens is 444 g/mol. The van der Waals surface area contributed by atoms with Gasteiger partial charge in [-0.15, -0.1) is 10.2 Å². The fraction of sp³-hybridized carbons (Fsp3) is 0.269. The van der Waals surface area contributed by atoms with Crippen molar-refractivity contribution in [1.29, 1.82) is 0 Å². The fourth-order valence-corrected chi connectivity index (χ4v) is 3.61. The molecule has 180 valence electrons. The van der Waals surface area contributed by atoms with Gasteiger partial charge in [-0.2, -0.15) is 4.80 Å². The number of para-hydroxylation sites is 1. The molecule has 9 heteroatoms. The molecule has 0 aliphatic rings. The Labute approximate surface area is 203 Å². The van der Waals surface area contributed by atoms with E-state index in [2.05, 4.69) is 20.7 Å². The average Bonchev–Trinajstić information content (AvgIpc) is 3.49. The molecule has 0 aliphatic carbocycles. The third kappa shape index (κ3) is 5.81. The highest BCUT2D eigenvalue weighted by atomic mass is 16.3. The first-order valence-corrected chi connectivity index (χ1v) is 11.3. The molecular formula is C26H28N6O3. The fourth-order valence-electron chi connectivity index (χ4n) is 3.61. The van der Waals surface area contributed by atoms with Crippen LogP contribution < -0.4 is 10.2 Å². The van der Waals surface area contributed by atoms with Crippen LogP contribution in [0.15, 0.2) is 77.4 Å². The summed E-state index contributed by atoms with van der Waals surface area (Å²) in [7, 11) is 0. The summed E-state index contributed by atoms with van der Waals surface area (Å²) in [5, 5.41) is 15.5. The van der Waals surface area contributed by atoms with Crippen LogP contribution in [0.3, 0.4) is 0 Å². The van der Waals surface area contributed by atoms with Gasteiger partial charge >= 0.3 is 0 Å². The van der Waals surface area contributed by atoms with Crippen LogP contribution >= 0.6 is 0 Å². The van der Waals surface area contributed by atoms with Crippen LogP contribution in [0.5, 0.6) is 0 Å². The van der Waals surface area contributed by atoms with Gasteiger partial charge in [0.05, 0.1) is 6.26 Å². The molecule has 2 aromatic heterocycles. The number of nitrogens with one attached hydrogen (secondary N) is 1. The van der Waals surface area contributed by atoms with E-state index in [1.807, 2.05) is 58.0 Å². The molecule has 9 nitrogen and oxygen atoms in total. The van der Waals surface area contributed by atoms with E-state index >= 15 is 0 Å². The number of hydrogen-bond acceptors (Lipinski definition) is 6. The van der Waals surface area contributed by atoms with Crippen LogP contribution in [-0.2, 0) is 16.1 Å². The summed E-state index contributed by atoms with van der Waals surface area (Å²) in [5.74, 6) is -0.000898. The highest BCUT2D eigenvalue weighted by Gasteiger charge is 2.36. The summed E-state index contributed by atoms with van der Waals surface area (Å²) in [6, 6.07) is 19.0. The van der Waals surface area contributed by atoms with Crippen molar-refractivity contribution < 1.29 is 14.0 Å². The summed E-state index contributed by atoms with van der Waals surface area (Å²) in [4.78, 5) is 29.8. The first kappa shape index (κ1) is 23.9. The van der Waals surface area contributed by atoms with Gasteiger partial charge in [0.15, 0.2) is 6.04 Å². The number of aryl methyl sites for hydroxylation is 1. The minimum Gasteiger partial charge on any atom is -0.467 e. The highest BCUT2D eigenvalue weighted by molar-refractivity contribution is 6.01. The summed E-state index contributed by atoms with van der Waals surface area (Å²) in [6.07, 6.45) is 1.48. The molecule has 1 N–H and O–H groups in total. The van der Waals surface area contributed by atoms with Gasteiger partial charge in [0.1, 0.15) is 12.3 Å². The van der Waals surface area contributed by atoms with E-state index in [9.17, 15) is 9.59 Å². The summed E-state index contributed by atoms with van der Waals surface area (Å²) in [5.41, 5.74) is 1.95. The second kappa shape index (κ2) is 9.92. The van der Waals surface area contributed by atoms with E-state index in [1.54, 1.807) is 36.4 Å². The van der Waals surface area contributed by atoms with Crippen molar-refractivity contribution in [1.82, 2.24) is 25.5 Å². The largest absolute Gasteiger partial charge is 0.467 e. The standard InChI is InChI=1S/C26H28N6O3/c1-18-12-14-19(15-13-18)24-28-30-31(29-24)17-22(33)32(20-9-6-5-7-10-20)23(21-11-8-16-35-21)25(34)27-26(2,3)4/h5-16,23H,17H2,1-4H3,(H,27,34)/t23-/m1/s1. The Morgan fingerprint density at radius 3 is 2.37 bits per heavy atom. The number of rotatable bonds is 7. The molecule has 1 atom stereocenters. The maximum Gasteiger partial charge on any atom is 0.251 e. The van der Waals surface area contributed by atoms with Crippen molar-refractivity contribution in [3.63, 3.8) is 0 Å². The quantitative estimate of drug-likeness (QED) is 0.437. The lowest BCUT2D eigenvalue weighted by Crippen LogP contribution is -2.50. The molecule has 0 radical (unpaired) electrons. The molecule has 0 spiro atoms. The molecule has 0 saturated carbocycles. The number of furan rings is 1. The molecule has 0 bridgehead atoms. The Morgan fingerprint density at radius 1 is 1.03 bits per heavy atom. The number of aromatic nitrogens is 4. The number of benzene rings is 2. The molecule has 0 unspecified atom stereocenters. The monoisotopic (exact) mass is 472 g/mol. The van der Waals surface area contributed by atoms with Crippen molar-refractivity contribution in [2.75, 3.05) is 4.90 Å². The topological polar surface area (TPSA) is 106 Å². The third-order valence-electron chi connectivity index (χ3n) is 5.16. The smallest absolute Gasteiger partial charge is 0.251 e. The number of carbonyl (C=O) groups excluding carboxylic acids is 2. The summed E-state index contributed by atoms with van der Waals surface area (Å²) < 4.78 is 5.60. The molecule has 4 rings (SSSR count). The number of carbonyl (C=O) groups is 2. The maximum atomic E-state index is 13.7. The predicted molar refractivity (Wildman–Crippen MR) is 131 cm³/mol. The Kier molecular flexibility index (Phi) is 6.77. The van der Waals surface area contributed by atoms with E-state index in [4.69, 9.17) is 4.42 Å². The van der Waals surface area contributed by atoms with Crippen LogP contribution in [-0.4, -0.2) is 37.6 Å². The van der Waals surface area contributed by atoms with Gasteiger partial charge in [-0.1, -0.05) is 48.0 Å². The van der Waals surface area contributed by atoms with Crippen LogP contribution in [0.25, 0.3) is 11.4 Å².